The Bertz CT molecular complexity index is 1370. The largest absolute Gasteiger partial charge is 0.492 e. The lowest BCUT2D eigenvalue weighted by atomic mass is 10.1. The molecule has 204 valence electrons. The van der Waals surface area contributed by atoms with E-state index in [1.165, 1.54) is 4.90 Å². The van der Waals surface area contributed by atoms with Crippen LogP contribution in [0.5, 0.6) is 11.5 Å². The molecular formula is C30H30Cl2N2O4S. The first-order chi connectivity index (χ1) is 18.8. The number of aryl methyl sites for hydroxylation is 1. The van der Waals surface area contributed by atoms with Crippen molar-refractivity contribution < 1.29 is 19.1 Å². The summed E-state index contributed by atoms with van der Waals surface area (Å²) in [7, 11) is 0. The molecule has 1 aliphatic rings. The van der Waals surface area contributed by atoms with Gasteiger partial charge in [0.15, 0.2) is 0 Å². The van der Waals surface area contributed by atoms with Crippen LogP contribution < -0.4 is 14.4 Å². The van der Waals surface area contributed by atoms with Crippen molar-refractivity contribution >= 4 is 57.9 Å². The van der Waals surface area contributed by atoms with Gasteiger partial charge in [0.05, 0.1) is 11.4 Å². The maximum atomic E-state index is 13.1. The van der Waals surface area contributed by atoms with Gasteiger partial charge in [0.2, 0.25) is 0 Å². The first-order valence-corrected chi connectivity index (χ1v) is 14.3. The number of halogens is 2. The summed E-state index contributed by atoms with van der Waals surface area (Å²) in [5.74, 6) is 0.927. The maximum Gasteiger partial charge on any atom is 0.293 e. The summed E-state index contributed by atoms with van der Waals surface area (Å²) in [5.41, 5.74) is 3.60. The van der Waals surface area contributed by atoms with Gasteiger partial charge in [0, 0.05) is 46.0 Å². The van der Waals surface area contributed by atoms with Gasteiger partial charge >= 0.3 is 0 Å². The molecule has 0 saturated carbocycles. The van der Waals surface area contributed by atoms with E-state index >= 15 is 0 Å². The lowest BCUT2D eigenvalue weighted by Gasteiger charge is -2.22. The molecule has 0 N–H and O–H groups in total. The van der Waals surface area contributed by atoms with E-state index in [0.717, 1.165) is 41.7 Å². The fraction of sp³-hybridized carbons (Fsp3) is 0.267. The Kier molecular flexibility index (Phi) is 9.83. The lowest BCUT2D eigenvalue weighted by Crippen LogP contribution is -2.32. The van der Waals surface area contributed by atoms with Crippen LogP contribution in [0.4, 0.5) is 10.5 Å². The zero-order chi connectivity index (χ0) is 27.9. The van der Waals surface area contributed by atoms with E-state index < -0.39 is 0 Å². The van der Waals surface area contributed by atoms with Crippen LogP contribution in [0.2, 0.25) is 10.0 Å². The van der Waals surface area contributed by atoms with E-state index in [1.54, 1.807) is 18.2 Å². The zero-order valence-corrected chi connectivity index (χ0v) is 24.4. The zero-order valence-electron chi connectivity index (χ0n) is 22.1. The van der Waals surface area contributed by atoms with Crippen molar-refractivity contribution in [2.24, 2.45) is 0 Å². The Hall–Kier alpha value is -3.13. The normalized spacial score (nSPS) is 14.3. The summed E-state index contributed by atoms with van der Waals surface area (Å²) in [4.78, 5) is 29.5. The number of carbonyl (C=O) groups is 2. The molecule has 1 fully saturated rings. The summed E-state index contributed by atoms with van der Waals surface area (Å²) in [6.45, 7) is 8.43. The monoisotopic (exact) mass is 584 g/mol. The Morgan fingerprint density at radius 3 is 2.38 bits per heavy atom. The van der Waals surface area contributed by atoms with Gasteiger partial charge in [-0.1, -0.05) is 47.0 Å². The third-order valence-electron chi connectivity index (χ3n) is 6.29. The molecule has 0 aliphatic carbocycles. The van der Waals surface area contributed by atoms with E-state index in [0.29, 0.717) is 32.0 Å². The Labute approximate surface area is 243 Å². The molecule has 3 aromatic carbocycles. The van der Waals surface area contributed by atoms with E-state index in [-0.39, 0.29) is 30.9 Å². The molecule has 2 amide bonds. The molecule has 0 aromatic heterocycles. The first-order valence-electron chi connectivity index (χ1n) is 12.7. The molecule has 1 heterocycles. The van der Waals surface area contributed by atoms with Crippen LogP contribution in [0.3, 0.4) is 0 Å². The fourth-order valence-corrected chi connectivity index (χ4v) is 5.39. The molecule has 3 aromatic rings. The third-order valence-corrected chi connectivity index (χ3v) is 7.78. The van der Waals surface area contributed by atoms with Crippen molar-refractivity contribution in [2.45, 2.75) is 27.4 Å². The van der Waals surface area contributed by atoms with Crippen molar-refractivity contribution in [3.8, 4) is 11.5 Å². The highest BCUT2D eigenvalue weighted by atomic mass is 35.5. The summed E-state index contributed by atoms with van der Waals surface area (Å²) in [6.07, 6.45) is 1.70. The molecule has 0 atom stereocenters. The number of ether oxygens (including phenoxy) is 2. The maximum absolute atomic E-state index is 13.1. The molecule has 0 spiro atoms. The number of thioether (sulfide) groups is 1. The number of nitrogens with zero attached hydrogens (tertiary/aromatic N) is 2. The van der Waals surface area contributed by atoms with Gasteiger partial charge in [0.25, 0.3) is 11.1 Å². The SMILES string of the molecule is CCN(CC)c1ccc(/C=C2\SC(=O)N(CCOc3ccc(C)cc3)C2=O)c(OCc2ccc(Cl)cc2Cl)c1. The summed E-state index contributed by atoms with van der Waals surface area (Å²) in [6, 6.07) is 18.7. The van der Waals surface area contributed by atoms with Gasteiger partial charge in [0.1, 0.15) is 24.7 Å². The third kappa shape index (κ3) is 7.29. The quantitative estimate of drug-likeness (QED) is 0.214. The number of anilines is 1. The van der Waals surface area contributed by atoms with Crippen LogP contribution >= 0.6 is 35.0 Å². The minimum Gasteiger partial charge on any atom is -0.492 e. The standard InChI is InChI=1S/C30H30Cl2N2O4S/c1-4-33(5-2)24-11-9-21(27(18-24)38-19-22-8-10-23(31)17-26(22)32)16-28-29(35)34(30(36)39-28)14-15-37-25-12-6-20(3)7-13-25/h6-13,16-18H,4-5,14-15,19H2,1-3H3/b28-16-. The van der Waals surface area contributed by atoms with Gasteiger partial charge < -0.3 is 14.4 Å². The van der Waals surface area contributed by atoms with Crippen molar-refractivity contribution in [1.29, 1.82) is 0 Å². The van der Waals surface area contributed by atoms with Crippen LogP contribution in [-0.4, -0.2) is 42.3 Å². The molecular weight excluding hydrogens is 555 g/mol. The van der Waals surface area contributed by atoms with Crippen LogP contribution in [0.1, 0.15) is 30.5 Å². The predicted octanol–water partition coefficient (Wildman–Crippen LogP) is 7.84. The van der Waals surface area contributed by atoms with Gasteiger partial charge in [-0.2, -0.15) is 0 Å². The fourth-order valence-electron chi connectivity index (χ4n) is 4.07. The molecule has 0 unspecified atom stereocenters. The van der Waals surface area contributed by atoms with Crippen LogP contribution in [-0.2, 0) is 11.4 Å². The molecule has 39 heavy (non-hydrogen) atoms. The Morgan fingerprint density at radius 1 is 0.949 bits per heavy atom. The van der Waals surface area contributed by atoms with Gasteiger partial charge in [-0.05, 0) is 75.0 Å². The van der Waals surface area contributed by atoms with Gasteiger partial charge in [-0.25, -0.2) is 0 Å². The Balaban J connectivity index is 1.53. The number of imide groups is 1. The van der Waals surface area contributed by atoms with Crippen LogP contribution in [0, 0.1) is 6.92 Å². The highest BCUT2D eigenvalue weighted by molar-refractivity contribution is 8.18. The first kappa shape index (κ1) is 28.9. The molecule has 0 bridgehead atoms. The van der Waals surface area contributed by atoms with Crippen molar-refractivity contribution in [3.63, 3.8) is 0 Å². The number of rotatable bonds is 11. The summed E-state index contributed by atoms with van der Waals surface area (Å²) < 4.78 is 11.9. The highest BCUT2D eigenvalue weighted by Crippen LogP contribution is 2.36. The second kappa shape index (κ2) is 13.3. The smallest absolute Gasteiger partial charge is 0.293 e. The molecule has 4 rings (SSSR count). The highest BCUT2D eigenvalue weighted by Gasteiger charge is 2.35. The topological polar surface area (TPSA) is 59.1 Å². The molecule has 1 aliphatic heterocycles. The average Bonchev–Trinajstić information content (AvgIpc) is 3.18. The van der Waals surface area contributed by atoms with Crippen molar-refractivity contribution in [1.82, 2.24) is 4.90 Å². The number of hydrogen-bond acceptors (Lipinski definition) is 6. The molecule has 9 heteroatoms. The van der Waals surface area contributed by atoms with E-state index in [1.807, 2.05) is 55.5 Å². The van der Waals surface area contributed by atoms with E-state index in [9.17, 15) is 9.59 Å². The Morgan fingerprint density at radius 2 is 1.69 bits per heavy atom. The van der Waals surface area contributed by atoms with Crippen LogP contribution in [0.15, 0.2) is 65.6 Å². The number of hydrogen-bond donors (Lipinski definition) is 0. The average molecular weight is 586 g/mol. The number of amides is 2. The van der Waals surface area contributed by atoms with E-state index in [2.05, 4.69) is 18.7 Å². The lowest BCUT2D eigenvalue weighted by molar-refractivity contribution is -0.123. The second-order valence-electron chi connectivity index (χ2n) is 8.91. The van der Waals surface area contributed by atoms with Crippen molar-refractivity contribution in [3.05, 3.63) is 92.3 Å². The molecule has 6 nitrogen and oxygen atoms in total. The predicted molar refractivity (Wildman–Crippen MR) is 160 cm³/mol. The van der Waals surface area contributed by atoms with Crippen LogP contribution in [0.25, 0.3) is 6.08 Å². The summed E-state index contributed by atoms with van der Waals surface area (Å²) in [5, 5.41) is 0.736. The van der Waals surface area contributed by atoms with E-state index in [4.69, 9.17) is 32.7 Å². The van der Waals surface area contributed by atoms with Gasteiger partial charge in [-0.15, -0.1) is 0 Å². The molecule has 1 saturated heterocycles. The molecule has 0 radical (unpaired) electrons. The van der Waals surface area contributed by atoms with Crippen molar-refractivity contribution in [2.75, 3.05) is 31.1 Å². The minimum atomic E-state index is -0.350. The minimum absolute atomic E-state index is 0.162. The summed E-state index contributed by atoms with van der Waals surface area (Å²) >= 11 is 13.3. The number of benzene rings is 3. The second-order valence-corrected chi connectivity index (χ2v) is 10.8. The number of carbonyl (C=O) groups excluding carboxylic acids is 2. The van der Waals surface area contributed by atoms with Gasteiger partial charge in [-0.3, -0.25) is 14.5 Å².